The summed E-state index contributed by atoms with van der Waals surface area (Å²) in [5, 5.41) is 19.4. The fourth-order valence-electron chi connectivity index (χ4n) is 5.64. The van der Waals surface area contributed by atoms with Gasteiger partial charge in [-0.05, 0) is 73.4 Å². The van der Waals surface area contributed by atoms with Crippen LogP contribution >= 0.6 is 35.0 Å². The highest BCUT2D eigenvalue weighted by Gasteiger charge is 2.34. The number of carbonyl (C=O) groups is 2. The van der Waals surface area contributed by atoms with Gasteiger partial charge in [-0.2, -0.15) is 17.5 Å². The standard InChI is InChI=1S/C36H42Cl2F2N4O5S2.C2HF3O2/c1-36(2,23-11-16-28(37)32(18-23)49-7)33-21-41-35(43(33)25-14-12-24(39)13-15-25)50-22-27-29(38)19-26(20-30(27)40)51(47,48)42(3)31(34(45)46)10-8-9-17-44(4,5)6;3-2(4,5)1(6)7/h11-16,18-21,31H,8-10,17,22H2,1-7H3;(H,6,7)/t31-;/m0./s1. The fourth-order valence-corrected chi connectivity index (χ4v) is 8.66. The number of aromatic nitrogens is 2. The molecule has 1 heterocycles. The monoisotopic (exact) mass is 896 g/mol. The fraction of sp³-hybridized carbons (Fsp3) is 0.395. The number of unbranched alkanes of at least 4 members (excludes halogenated alkanes) is 1. The number of aliphatic carboxylic acids is 2. The Hall–Kier alpha value is -3.94. The van der Waals surface area contributed by atoms with Crippen molar-refractivity contribution in [3.63, 3.8) is 0 Å². The quantitative estimate of drug-likeness (QED) is 0.0530. The summed E-state index contributed by atoms with van der Waals surface area (Å²) in [6.07, 6.45) is -2.20. The Balaban J connectivity index is 0.00000117. The third kappa shape index (κ3) is 12.3. The van der Waals surface area contributed by atoms with Crippen LogP contribution in [0, 0.1) is 11.6 Å². The van der Waals surface area contributed by atoms with E-state index in [-0.39, 0.29) is 22.8 Å². The maximum Gasteiger partial charge on any atom is 0.430 e. The van der Waals surface area contributed by atoms with Crippen LogP contribution in [0.1, 0.15) is 49.9 Å². The van der Waals surface area contributed by atoms with Gasteiger partial charge in [-0.3, -0.25) is 9.36 Å². The molecule has 20 heteroatoms. The van der Waals surface area contributed by atoms with Gasteiger partial charge in [-0.1, -0.05) is 54.9 Å². The van der Waals surface area contributed by atoms with Gasteiger partial charge >= 0.3 is 12.1 Å². The molecule has 0 aliphatic carbocycles. The summed E-state index contributed by atoms with van der Waals surface area (Å²) < 4.78 is 97.1. The zero-order chi connectivity index (χ0) is 44.0. The van der Waals surface area contributed by atoms with Crippen LogP contribution in [0.25, 0.3) is 5.69 Å². The highest BCUT2D eigenvalue weighted by atomic mass is 35.5. The number of carboxylic acids is 2. The molecule has 0 fully saturated rings. The molecule has 0 spiro atoms. The number of thioether (sulfide) groups is 1. The molecule has 11 nitrogen and oxygen atoms in total. The van der Waals surface area contributed by atoms with Gasteiger partial charge in [0, 0.05) is 34.5 Å². The summed E-state index contributed by atoms with van der Waals surface area (Å²) in [6.45, 7) is 4.78. The number of sulfonamides is 1. The van der Waals surface area contributed by atoms with E-state index in [9.17, 15) is 35.9 Å². The maximum absolute atomic E-state index is 15.7. The van der Waals surface area contributed by atoms with Crippen LogP contribution in [0.5, 0.6) is 5.75 Å². The molecule has 58 heavy (non-hydrogen) atoms. The van der Waals surface area contributed by atoms with Crippen LogP contribution in [0.3, 0.4) is 0 Å². The van der Waals surface area contributed by atoms with Crippen molar-refractivity contribution < 1.29 is 59.4 Å². The van der Waals surface area contributed by atoms with E-state index in [0.29, 0.717) is 38.9 Å². The topological polar surface area (TPSA) is 142 Å². The van der Waals surface area contributed by atoms with Crippen LogP contribution in [0.15, 0.2) is 70.8 Å². The third-order valence-corrected chi connectivity index (χ3v) is 12.4. The van der Waals surface area contributed by atoms with Crippen molar-refractivity contribution in [3.05, 3.63) is 99.3 Å². The van der Waals surface area contributed by atoms with E-state index in [1.807, 2.05) is 51.7 Å². The van der Waals surface area contributed by atoms with Crippen molar-refractivity contribution in [1.29, 1.82) is 0 Å². The summed E-state index contributed by atoms with van der Waals surface area (Å²) in [6, 6.07) is 12.0. The number of methoxy groups -OCH3 is 1. The van der Waals surface area contributed by atoms with Crippen LogP contribution < -0.4 is 9.84 Å². The number of carbonyl (C=O) groups excluding carboxylic acids is 1. The maximum atomic E-state index is 15.7. The Bertz CT molecular complexity index is 2170. The van der Waals surface area contributed by atoms with Gasteiger partial charge in [-0.25, -0.2) is 22.2 Å². The third-order valence-electron chi connectivity index (χ3n) is 8.98. The number of hydrogen-bond acceptors (Lipinski definition) is 8. The van der Waals surface area contributed by atoms with Gasteiger partial charge in [0.15, 0.2) is 5.16 Å². The molecule has 0 saturated carbocycles. The van der Waals surface area contributed by atoms with Crippen molar-refractivity contribution in [2.75, 3.05) is 41.8 Å². The van der Waals surface area contributed by atoms with Crippen LogP contribution in [0.2, 0.25) is 10.0 Å². The number of benzene rings is 3. The predicted octanol–water partition coefficient (Wildman–Crippen LogP) is 7.33. The Morgan fingerprint density at radius 2 is 1.62 bits per heavy atom. The van der Waals surface area contributed by atoms with Crippen molar-refractivity contribution in [1.82, 2.24) is 13.9 Å². The Kier molecular flexibility index (Phi) is 16.2. The Morgan fingerprint density at radius 1 is 1.02 bits per heavy atom. The lowest BCUT2D eigenvalue weighted by Crippen LogP contribution is -2.42. The van der Waals surface area contributed by atoms with Gasteiger partial charge in [0.25, 0.3) is 0 Å². The molecule has 0 radical (unpaired) electrons. The molecule has 4 aromatic rings. The first-order valence-electron chi connectivity index (χ1n) is 17.3. The second-order valence-corrected chi connectivity index (χ2v) is 18.3. The number of halogens is 7. The second kappa shape index (κ2) is 19.4. The van der Waals surface area contributed by atoms with E-state index >= 15 is 4.39 Å². The Morgan fingerprint density at radius 3 is 2.14 bits per heavy atom. The summed E-state index contributed by atoms with van der Waals surface area (Å²) in [5.41, 5.74) is 1.59. The van der Waals surface area contributed by atoms with E-state index in [1.54, 1.807) is 24.4 Å². The molecule has 0 unspecified atom stereocenters. The lowest BCUT2D eigenvalue weighted by Gasteiger charge is -2.28. The lowest BCUT2D eigenvalue weighted by molar-refractivity contribution is -0.870. The van der Waals surface area contributed by atoms with Crippen molar-refractivity contribution in [3.8, 4) is 11.4 Å². The molecule has 0 aliphatic rings. The number of rotatable bonds is 16. The first-order valence-corrected chi connectivity index (χ1v) is 20.5. The summed E-state index contributed by atoms with van der Waals surface area (Å²) in [4.78, 5) is 25.1. The number of ether oxygens (including phenoxy) is 1. The van der Waals surface area contributed by atoms with Crippen LogP contribution in [-0.4, -0.2) is 97.9 Å². The molecule has 0 amide bonds. The van der Waals surface area contributed by atoms with E-state index in [1.165, 1.54) is 26.3 Å². The molecule has 318 valence electrons. The smallest absolute Gasteiger partial charge is 0.430 e. The normalized spacial score (nSPS) is 12.9. The number of likely N-dealkylation sites (N-methyl/N-ethyl adjacent to an activating group) is 1. The predicted molar refractivity (Wildman–Crippen MR) is 209 cm³/mol. The molecular formula is C38H43Cl2F5N4O7S2. The minimum absolute atomic E-state index is 0.0300. The number of hydrogen-bond donors (Lipinski definition) is 1. The van der Waals surface area contributed by atoms with Gasteiger partial charge < -0.3 is 24.2 Å². The average Bonchev–Trinajstić information content (AvgIpc) is 3.55. The molecular weight excluding hydrogens is 854 g/mol. The minimum Gasteiger partial charge on any atom is -0.542 e. The van der Waals surface area contributed by atoms with E-state index in [4.69, 9.17) is 37.8 Å². The first-order chi connectivity index (χ1) is 26.7. The number of carboxylic acid groups (broad SMARTS) is 2. The summed E-state index contributed by atoms with van der Waals surface area (Å²) in [7, 11) is 4.34. The van der Waals surface area contributed by atoms with E-state index in [0.717, 1.165) is 46.0 Å². The van der Waals surface area contributed by atoms with Gasteiger partial charge in [0.05, 0.1) is 56.6 Å². The van der Waals surface area contributed by atoms with E-state index in [2.05, 4.69) is 4.98 Å². The number of imidazole rings is 1. The zero-order valence-corrected chi connectivity index (χ0v) is 35.7. The summed E-state index contributed by atoms with van der Waals surface area (Å²) in [5.74, 6) is -5.11. The number of quaternary nitrogens is 1. The SMILES string of the molecule is COc1cc(C(C)(C)c2cnc(SCc3c(F)cc(S(=O)(=O)N(C)[C@@H](CCCC[N+](C)(C)C)C(=O)O)cc3Cl)n2-c2ccc(F)cc2)ccc1Cl.O=C([O-])C(F)(F)F. The molecule has 0 saturated heterocycles. The largest absolute Gasteiger partial charge is 0.542 e. The molecule has 1 aromatic heterocycles. The highest BCUT2D eigenvalue weighted by Crippen LogP contribution is 2.40. The average molecular weight is 898 g/mol. The van der Waals surface area contributed by atoms with Gasteiger partial charge in [0.1, 0.15) is 29.4 Å². The van der Waals surface area contributed by atoms with Crippen molar-refractivity contribution in [2.45, 2.75) is 66.5 Å². The zero-order valence-electron chi connectivity index (χ0n) is 32.5. The minimum atomic E-state index is -5.19. The molecule has 4 rings (SSSR count). The highest BCUT2D eigenvalue weighted by molar-refractivity contribution is 7.98. The van der Waals surface area contributed by atoms with Crippen LogP contribution in [-0.2, 0) is 30.8 Å². The summed E-state index contributed by atoms with van der Waals surface area (Å²) >= 11 is 14.0. The number of alkyl halides is 3. The lowest BCUT2D eigenvalue weighted by atomic mass is 9.81. The number of nitrogens with zero attached hydrogens (tertiary/aromatic N) is 4. The molecule has 1 N–H and O–H groups in total. The van der Waals surface area contributed by atoms with Gasteiger partial charge in [0.2, 0.25) is 10.0 Å². The van der Waals surface area contributed by atoms with Gasteiger partial charge in [-0.15, -0.1) is 0 Å². The Labute approximate surface area is 348 Å². The van der Waals surface area contributed by atoms with Crippen molar-refractivity contribution >= 4 is 56.9 Å². The van der Waals surface area contributed by atoms with E-state index < -0.39 is 56.1 Å². The molecule has 3 aromatic carbocycles. The van der Waals surface area contributed by atoms with Crippen molar-refractivity contribution in [2.24, 2.45) is 0 Å². The van der Waals surface area contributed by atoms with Crippen LogP contribution in [0.4, 0.5) is 22.0 Å². The molecule has 1 atom stereocenters. The molecule has 0 bridgehead atoms. The molecule has 0 aliphatic heterocycles. The first kappa shape index (κ1) is 48.4. The second-order valence-electron chi connectivity index (χ2n) is 14.5.